The number of ether oxygens (including phenoxy) is 2. The summed E-state index contributed by atoms with van der Waals surface area (Å²) in [5, 5.41) is 3.59. The number of nitrogens with one attached hydrogen (secondary N) is 1. The van der Waals surface area contributed by atoms with E-state index in [4.69, 9.17) is 9.47 Å². The van der Waals surface area contributed by atoms with Crippen molar-refractivity contribution in [3.63, 3.8) is 0 Å². The van der Waals surface area contributed by atoms with Gasteiger partial charge in [0.25, 0.3) is 0 Å². The summed E-state index contributed by atoms with van der Waals surface area (Å²) in [6.45, 7) is 9.69. The zero-order valence-electron chi connectivity index (χ0n) is 12.5. The van der Waals surface area contributed by atoms with Crippen molar-refractivity contribution in [3.8, 4) is 0 Å². The third kappa shape index (κ3) is 7.02. The summed E-state index contributed by atoms with van der Waals surface area (Å²) in [6, 6.07) is 0.430. The lowest BCUT2D eigenvalue weighted by Crippen LogP contribution is -2.42. The normalized spacial score (nSPS) is 15.9. The first-order valence-corrected chi connectivity index (χ1v) is 6.82. The highest BCUT2D eigenvalue weighted by Gasteiger charge is 2.23. The maximum Gasteiger partial charge on any atom is 0.0721 e. The van der Waals surface area contributed by atoms with E-state index < -0.39 is 0 Å². The molecular formula is C14H31NO2. The molecule has 0 fully saturated rings. The fourth-order valence-electron chi connectivity index (χ4n) is 1.97. The van der Waals surface area contributed by atoms with E-state index in [1.807, 2.05) is 0 Å². The Bertz CT molecular complexity index is 179. The molecular weight excluding hydrogens is 214 g/mol. The van der Waals surface area contributed by atoms with E-state index in [1.165, 1.54) is 0 Å². The van der Waals surface area contributed by atoms with Crippen LogP contribution in [0.2, 0.25) is 0 Å². The first-order valence-electron chi connectivity index (χ1n) is 6.82. The fraction of sp³-hybridized carbons (Fsp3) is 1.00. The molecule has 0 aromatic carbocycles. The first-order chi connectivity index (χ1) is 8.00. The summed E-state index contributed by atoms with van der Waals surface area (Å²) in [5.74, 6) is 0. The van der Waals surface area contributed by atoms with Gasteiger partial charge in [-0.1, -0.05) is 13.8 Å². The van der Waals surface area contributed by atoms with Crippen LogP contribution in [0.3, 0.4) is 0 Å². The van der Waals surface area contributed by atoms with Crippen molar-refractivity contribution in [2.75, 3.05) is 20.8 Å². The molecule has 0 saturated carbocycles. The summed E-state index contributed by atoms with van der Waals surface area (Å²) in [4.78, 5) is 0. The van der Waals surface area contributed by atoms with E-state index in [1.54, 1.807) is 14.2 Å². The largest absolute Gasteiger partial charge is 0.380 e. The van der Waals surface area contributed by atoms with Crippen molar-refractivity contribution in [2.45, 2.75) is 71.1 Å². The molecule has 0 aliphatic rings. The lowest BCUT2D eigenvalue weighted by atomic mass is 9.95. The van der Waals surface area contributed by atoms with Gasteiger partial charge >= 0.3 is 0 Å². The van der Waals surface area contributed by atoms with E-state index in [2.05, 4.69) is 33.0 Å². The Morgan fingerprint density at radius 1 is 1.18 bits per heavy atom. The van der Waals surface area contributed by atoms with E-state index in [0.717, 1.165) is 32.2 Å². The second-order valence-electron chi connectivity index (χ2n) is 5.25. The smallest absolute Gasteiger partial charge is 0.0721 e. The van der Waals surface area contributed by atoms with Gasteiger partial charge in [-0.3, -0.25) is 0 Å². The maximum atomic E-state index is 5.55. The van der Waals surface area contributed by atoms with Crippen molar-refractivity contribution in [1.82, 2.24) is 5.32 Å². The standard InChI is InChI=1S/C14H31NO2/c1-7-11-15-12(13(8-2)16-5)9-10-14(3,4)17-6/h12-13,15H,7-11H2,1-6H3. The monoisotopic (exact) mass is 245 g/mol. The highest BCUT2D eigenvalue weighted by Crippen LogP contribution is 2.19. The number of hydrogen-bond acceptors (Lipinski definition) is 3. The molecule has 2 unspecified atom stereocenters. The maximum absolute atomic E-state index is 5.55. The lowest BCUT2D eigenvalue weighted by molar-refractivity contribution is 0.00180. The summed E-state index contributed by atoms with van der Waals surface area (Å²) in [7, 11) is 3.58. The van der Waals surface area contributed by atoms with Gasteiger partial charge < -0.3 is 14.8 Å². The molecule has 2 atom stereocenters. The minimum atomic E-state index is -0.0435. The predicted octanol–water partition coefficient (Wildman–Crippen LogP) is 2.98. The quantitative estimate of drug-likeness (QED) is 0.642. The van der Waals surface area contributed by atoms with Crippen molar-refractivity contribution < 1.29 is 9.47 Å². The second kappa shape index (κ2) is 8.90. The van der Waals surface area contributed by atoms with E-state index in [-0.39, 0.29) is 5.60 Å². The molecule has 0 radical (unpaired) electrons. The fourth-order valence-corrected chi connectivity index (χ4v) is 1.97. The van der Waals surface area contributed by atoms with Crippen LogP contribution in [-0.4, -0.2) is 38.5 Å². The van der Waals surface area contributed by atoms with E-state index >= 15 is 0 Å². The summed E-state index contributed by atoms with van der Waals surface area (Å²) >= 11 is 0. The Kier molecular flexibility index (Phi) is 8.83. The Morgan fingerprint density at radius 3 is 2.24 bits per heavy atom. The topological polar surface area (TPSA) is 30.5 Å². The minimum Gasteiger partial charge on any atom is -0.380 e. The van der Waals surface area contributed by atoms with Crippen molar-refractivity contribution in [2.24, 2.45) is 0 Å². The molecule has 17 heavy (non-hydrogen) atoms. The zero-order valence-corrected chi connectivity index (χ0v) is 12.5. The van der Waals surface area contributed by atoms with Gasteiger partial charge in [0.15, 0.2) is 0 Å². The molecule has 0 aromatic rings. The van der Waals surface area contributed by atoms with Crippen LogP contribution < -0.4 is 5.32 Å². The zero-order chi connectivity index (χ0) is 13.3. The molecule has 3 heteroatoms. The molecule has 0 spiro atoms. The SMILES string of the molecule is CCCNC(CCC(C)(C)OC)C(CC)OC. The van der Waals surface area contributed by atoms with Crippen LogP contribution in [0.25, 0.3) is 0 Å². The average Bonchev–Trinajstić information content (AvgIpc) is 2.33. The summed E-state index contributed by atoms with van der Waals surface area (Å²) < 4.78 is 11.0. The third-order valence-electron chi connectivity index (χ3n) is 3.42. The van der Waals surface area contributed by atoms with Crippen LogP contribution in [-0.2, 0) is 9.47 Å². The van der Waals surface area contributed by atoms with Crippen molar-refractivity contribution in [3.05, 3.63) is 0 Å². The number of methoxy groups -OCH3 is 2. The Morgan fingerprint density at radius 2 is 1.82 bits per heavy atom. The predicted molar refractivity (Wildman–Crippen MR) is 73.5 cm³/mol. The third-order valence-corrected chi connectivity index (χ3v) is 3.42. The van der Waals surface area contributed by atoms with Gasteiger partial charge in [-0.15, -0.1) is 0 Å². The van der Waals surface area contributed by atoms with E-state index in [9.17, 15) is 0 Å². The molecule has 0 rings (SSSR count). The highest BCUT2D eigenvalue weighted by molar-refractivity contribution is 4.80. The van der Waals surface area contributed by atoms with Crippen LogP contribution in [0, 0.1) is 0 Å². The molecule has 0 heterocycles. The molecule has 104 valence electrons. The van der Waals surface area contributed by atoms with Gasteiger partial charge in [-0.25, -0.2) is 0 Å². The van der Waals surface area contributed by atoms with Crippen molar-refractivity contribution in [1.29, 1.82) is 0 Å². The molecule has 0 aromatic heterocycles. The number of rotatable bonds is 10. The van der Waals surface area contributed by atoms with Crippen LogP contribution in [0.5, 0.6) is 0 Å². The average molecular weight is 245 g/mol. The second-order valence-corrected chi connectivity index (χ2v) is 5.25. The van der Waals surface area contributed by atoms with Crippen LogP contribution >= 0.6 is 0 Å². The molecule has 0 saturated heterocycles. The Hall–Kier alpha value is -0.120. The Balaban J connectivity index is 4.27. The van der Waals surface area contributed by atoms with E-state index in [0.29, 0.717) is 12.1 Å². The molecule has 0 aliphatic carbocycles. The minimum absolute atomic E-state index is 0.0435. The van der Waals surface area contributed by atoms with Gasteiger partial charge in [-0.2, -0.15) is 0 Å². The Labute approximate surface area is 107 Å². The van der Waals surface area contributed by atoms with Crippen molar-refractivity contribution >= 4 is 0 Å². The van der Waals surface area contributed by atoms with Gasteiger partial charge in [0.2, 0.25) is 0 Å². The van der Waals surface area contributed by atoms with Crippen LogP contribution in [0.1, 0.15) is 53.4 Å². The number of hydrogen-bond donors (Lipinski definition) is 1. The van der Waals surface area contributed by atoms with Crippen LogP contribution in [0.15, 0.2) is 0 Å². The summed E-state index contributed by atoms with van der Waals surface area (Å²) in [6.07, 6.45) is 4.64. The lowest BCUT2D eigenvalue weighted by Gasteiger charge is -2.30. The molecule has 0 bridgehead atoms. The van der Waals surface area contributed by atoms with Gasteiger partial charge in [-0.05, 0) is 46.1 Å². The summed E-state index contributed by atoms with van der Waals surface area (Å²) in [5.41, 5.74) is -0.0435. The molecule has 0 amide bonds. The highest BCUT2D eigenvalue weighted by atomic mass is 16.5. The molecule has 3 nitrogen and oxygen atoms in total. The van der Waals surface area contributed by atoms with Gasteiger partial charge in [0, 0.05) is 20.3 Å². The van der Waals surface area contributed by atoms with Crippen LogP contribution in [0.4, 0.5) is 0 Å². The van der Waals surface area contributed by atoms with Gasteiger partial charge in [0.1, 0.15) is 0 Å². The molecule has 1 N–H and O–H groups in total. The first kappa shape index (κ1) is 16.9. The van der Waals surface area contributed by atoms with Gasteiger partial charge in [0.05, 0.1) is 11.7 Å². The molecule has 0 aliphatic heterocycles.